The Hall–Kier alpha value is -1.61. The number of hydrogen-bond acceptors (Lipinski definition) is 2. The van der Waals surface area contributed by atoms with Crippen LogP contribution >= 0.6 is 0 Å². The second-order valence-electron chi connectivity index (χ2n) is 6.10. The molecule has 20 heavy (non-hydrogen) atoms. The van der Waals surface area contributed by atoms with Crippen molar-refractivity contribution in [1.82, 2.24) is 9.88 Å². The van der Waals surface area contributed by atoms with Crippen molar-refractivity contribution in [2.24, 2.45) is 5.92 Å². The smallest absolute Gasteiger partial charge is 0.139 e. The number of carbonyl (C=O) groups is 1. The monoisotopic (exact) mass is 268 g/mol. The van der Waals surface area contributed by atoms with Crippen molar-refractivity contribution >= 4 is 16.7 Å². The first-order valence-corrected chi connectivity index (χ1v) is 7.64. The summed E-state index contributed by atoms with van der Waals surface area (Å²) in [5, 5.41) is 1.34. The quantitative estimate of drug-likeness (QED) is 0.863. The van der Waals surface area contributed by atoms with Gasteiger partial charge < -0.3 is 4.98 Å². The maximum Gasteiger partial charge on any atom is 0.139 e. The average Bonchev–Trinajstić information content (AvgIpc) is 2.85. The fraction of sp³-hybridized carbons (Fsp3) is 0.471. The Morgan fingerprint density at radius 1 is 1.35 bits per heavy atom. The summed E-state index contributed by atoms with van der Waals surface area (Å²) in [5.74, 6) is 0.692. The van der Waals surface area contributed by atoms with Gasteiger partial charge >= 0.3 is 0 Å². The fourth-order valence-electron chi connectivity index (χ4n) is 3.92. The molecule has 0 radical (unpaired) electrons. The minimum Gasteiger partial charge on any atom is -0.357 e. The van der Waals surface area contributed by atoms with Crippen LogP contribution < -0.4 is 0 Å². The van der Waals surface area contributed by atoms with Gasteiger partial charge in [0.25, 0.3) is 0 Å². The Balaban J connectivity index is 1.78. The van der Waals surface area contributed by atoms with E-state index in [-0.39, 0.29) is 12.0 Å². The highest BCUT2D eigenvalue weighted by Gasteiger charge is 2.38. The summed E-state index contributed by atoms with van der Waals surface area (Å²) in [6.07, 6.45) is 2.75. The predicted molar refractivity (Wildman–Crippen MR) is 79.7 cm³/mol. The van der Waals surface area contributed by atoms with Crippen LogP contribution in [0.2, 0.25) is 0 Å². The molecule has 0 saturated carbocycles. The Kier molecular flexibility index (Phi) is 2.71. The van der Waals surface area contributed by atoms with Crippen LogP contribution in [0.15, 0.2) is 24.3 Å². The minimum absolute atomic E-state index is 0.247. The number of nitrogens with zero attached hydrogens (tertiary/aromatic N) is 1. The minimum atomic E-state index is 0.247. The van der Waals surface area contributed by atoms with Crippen molar-refractivity contribution < 1.29 is 4.79 Å². The summed E-state index contributed by atoms with van der Waals surface area (Å²) in [6, 6.07) is 8.78. The number of nitrogens with one attached hydrogen (secondary N) is 1. The number of Topliss-reactive ketones (excluding diaryl/α,β-unsaturated/α-hetero) is 1. The van der Waals surface area contributed by atoms with E-state index < -0.39 is 0 Å². The first-order chi connectivity index (χ1) is 9.78. The maximum absolute atomic E-state index is 12.3. The van der Waals surface area contributed by atoms with Crippen LogP contribution in [-0.4, -0.2) is 28.8 Å². The molecule has 1 fully saturated rings. The fourth-order valence-corrected chi connectivity index (χ4v) is 3.92. The Morgan fingerprint density at radius 3 is 3.05 bits per heavy atom. The van der Waals surface area contributed by atoms with Gasteiger partial charge in [-0.25, -0.2) is 0 Å². The molecule has 0 amide bonds. The van der Waals surface area contributed by atoms with Gasteiger partial charge in [-0.1, -0.05) is 25.1 Å². The largest absolute Gasteiger partial charge is 0.357 e. The van der Waals surface area contributed by atoms with E-state index in [0.717, 1.165) is 25.9 Å². The third-order valence-electron chi connectivity index (χ3n) is 5.07. The second-order valence-corrected chi connectivity index (χ2v) is 6.10. The molecule has 1 aromatic heterocycles. The molecule has 2 aromatic rings. The molecule has 104 valence electrons. The number of fused-ring (bicyclic) bond motifs is 5. The zero-order chi connectivity index (χ0) is 13.7. The van der Waals surface area contributed by atoms with Gasteiger partial charge in [0.15, 0.2) is 0 Å². The molecular weight excluding hydrogens is 248 g/mol. The molecule has 2 atom stereocenters. The van der Waals surface area contributed by atoms with E-state index in [2.05, 4.69) is 41.1 Å². The summed E-state index contributed by atoms with van der Waals surface area (Å²) in [6.45, 7) is 4.15. The van der Waals surface area contributed by atoms with Gasteiger partial charge in [-0.15, -0.1) is 0 Å². The molecule has 2 aliphatic rings. The normalized spacial score (nSPS) is 26.6. The number of ketones is 1. The first kappa shape index (κ1) is 12.2. The second kappa shape index (κ2) is 4.45. The van der Waals surface area contributed by atoms with Gasteiger partial charge in [-0.05, 0) is 24.5 Å². The van der Waals surface area contributed by atoms with Gasteiger partial charge in [0.1, 0.15) is 5.78 Å². The van der Waals surface area contributed by atoms with E-state index >= 15 is 0 Å². The van der Waals surface area contributed by atoms with Crippen LogP contribution in [-0.2, 0) is 11.2 Å². The number of benzene rings is 1. The topological polar surface area (TPSA) is 36.1 Å². The van der Waals surface area contributed by atoms with E-state index in [9.17, 15) is 4.79 Å². The SMILES string of the molecule is CC[C@@H]1CN2CCc3c([nH]c4ccccc34)[C@@H]2CC1=O. The molecule has 3 heterocycles. The molecule has 0 spiro atoms. The molecule has 1 N–H and O–H groups in total. The lowest BCUT2D eigenvalue weighted by molar-refractivity contribution is -0.128. The zero-order valence-electron chi connectivity index (χ0n) is 11.9. The molecule has 1 saturated heterocycles. The van der Waals surface area contributed by atoms with Crippen molar-refractivity contribution in [1.29, 1.82) is 0 Å². The Labute approximate surface area is 119 Å². The maximum atomic E-state index is 12.3. The predicted octanol–water partition coefficient (Wildman–Crippen LogP) is 3.07. The number of aromatic amines is 1. The third-order valence-corrected chi connectivity index (χ3v) is 5.07. The summed E-state index contributed by atoms with van der Waals surface area (Å²) in [5.41, 5.74) is 3.94. The first-order valence-electron chi connectivity index (χ1n) is 7.64. The molecule has 0 aliphatic carbocycles. The van der Waals surface area contributed by atoms with Crippen LogP contribution in [0.5, 0.6) is 0 Å². The Bertz CT molecular complexity index is 673. The molecule has 2 aliphatic heterocycles. The number of carbonyl (C=O) groups excluding carboxylic acids is 1. The molecule has 1 aromatic carbocycles. The van der Waals surface area contributed by atoms with E-state index in [1.165, 1.54) is 22.2 Å². The van der Waals surface area contributed by atoms with Crippen molar-refractivity contribution in [3.63, 3.8) is 0 Å². The van der Waals surface area contributed by atoms with Crippen LogP contribution in [0, 0.1) is 5.92 Å². The lowest BCUT2D eigenvalue weighted by Gasteiger charge is -2.41. The molecular formula is C17H20N2O. The summed E-state index contributed by atoms with van der Waals surface area (Å²) < 4.78 is 0. The molecule has 0 unspecified atom stereocenters. The van der Waals surface area contributed by atoms with Gasteiger partial charge in [0.2, 0.25) is 0 Å². The van der Waals surface area contributed by atoms with Crippen molar-refractivity contribution in [3.8, 4) is 0 Å². The summed E-state index contributed by atoms with van der Waals surface area (Å²) in [4.78, 5) is 18.3. The molecule has 3 nitrogen and oxygen atoms in total. The van der Waals surface area contributed by atoms with E-state index in [1.54, 1.807) is 0 Å². The molecule has 0 bridgehead atoms. The van der Waals surface area contributed by atoms with E-state index in [0.29, 0.717) is 12.2 Å². The number of rotatable bonds is 1. The van der Waals surface area contributed by atoms with Crippen molar-refractivity contribution in [2.45, 2.75) is 32.2 Å². The van der Waals surface area contributed by atoms with Crippen LogP contribution in [0.4, 0.5) is 0 Å². The highest BCUT2D eigenvalue weighted by molar-refractivity contribution is 5.87. The highest BCUT2D eigenvalue weighted by Crippen LogP contribution is 2.39. The summed E-state index contributed by atoms with van der Waals surface area (Å²) >= 11 is 0. The molecule has 4 rings (SSSR count). The number of H-pyrrole nitrogens is 1. The number of hydrogen-bond donors (Lipinski definition) is 1. The average molecular weight is 268 g/mol. The number of piperidine rings is 1. The lowest BCUT2D eigenvalue weighted by atomic mass is 9.84. The van der Waals surface area contributed by atoms with Gasteiger partial charge in [0.05, 0.1) is 6.04 Å². The van der Waals surface area contributed by atoms with Crippen LogP contribution in [0.25, 0.3) is 10.9 Å². The highest BCUT2D eigenvalue weighted by atomic mass is 16.1. The number of para-hydroxylation sites is 1. The summed E-state index contributed by atoms with van der Waals surface area (Å²) in [7, 11) is 0. The van der Waals surface area contributed by atoms with Gasteiger partial charge in [-0.3, -0.25) is 9.69 Å². The van der Waals surface area contributed by atoms with Crippen molar-refractivity contribution in [3.05, 3.63) is 35.5 Å². The van der Waals surface area contributed by atoms with Gasteiger partial charge in [-0.2, -0.15) is 0 Å². The third kappa shape index (κ3) is 1.66. The van der Waals surface area contributed by atoms with Crippen LogP contribution in [0.3, 0.4) is 0 Å². The lowest BCUT2D eigenvalue weighted by Crippen LogP contribution is -2.46. The standard InChI is InChI=1S/C17H20N2O/c1-2-11-10-19-8-7-13-12-5-3-4-6-14(12)18-17(13)15(19)9-16(11)20/h3-6,11,15,18H,2,7-10H2,1H3/t11-,15+/m1/s1. The van der Waals surface area contributed by atoms with Gasteiger partial charge in [0, 0.05) is 42.0 Å². The van der Waals surface area contributed by atoms with E-state index in [1.807, 2.05) is 0 Å². The Morgan fingerprint density at radius 2 is 2.20 bits per heavy atom. The van der Waals surface area contributed by atoms with Crippen LogP contribution in [0.1, 0.15) is 37.1 Å². The number of aromatic nitrogens is 1. The van der Waals surface area contributed by atoms with Crippen molar-refractivity contribution in [2.75, 3.05) is 13.1 Å². The molecule has 3 heteroatoms. The zero-order valence-corrected chi connectivity index (χ0v) is 11.9. The van der Waals surface area contributed by atoms with E-state index in [4.69, 9.17) is 0 Å².